The number of nitrogens with zero attached hydrogens (tertiary/aromatic N) is 2. The van der Waals surface area contributed by atoms with Crippen molar-refractivity contribution in [3.63, 3.8) is 0 Å². The van der Waals surface area contributed by atoms with Crippen LogP contribution in [0.25, 0.3) is 0 Å². The summed E-state index contributed by atoms with van der Waals surface area (Å²) in [4.78, 5) is 0. The van der Waals surface area contributed by atoms with Crippen LogP contribution in [0.15, 0.2) is 0 Å². The van der Waals surface area contributed by atoms with Gasteiger partial charge in [-0.1, -0.05) is 96.8 Å². The first kappa shape index (κ1) is 27.4. The highest BCUT2D eigenvalue weighted by atomic mass is 16.5. The zero-order valence-electron chi connectivity index (χ0n) is 19.7. The normalized spacial score (nSPS) is 11.6. The van der Waals surface area contributed by atoms with E-state index in [1.165, 1.54) is 109 Å². The molecule has 0 unspecified atom stereocenters. The maximum absolute atomic E-state index is 8.50. The van der Waals surface area contributed by atoms with Gasteiger partial charge in [0, 0.05) is 0 Å². The molecule has 0 amide bonds. The van der Waals surface area contributed by atoms with Crippen LogP contribution >= 0.6 is 0 Å². The smallest absolute Gasteiger partial charge is 0.102 e. The Labute approximate surface area is 177 Å². The van der Waals surface area contributed by atoms with E-state index in [0.29, 0.717) is 13.0 Å². The Morgan fingerprint density at radius 3 is 1.46 bits per heavy atom. The Morgan fingerprint density at radius 2 is 1.04 bits per heavy atom. The number of quaternary nitrogens is 1. The second kappa shape index (κ2) is 21.1. The number of likely N-dealkylation sites (N-methyl/N-ethyl adjacent to an activating group) is 1. The Morgan fingerprint density at radius 1 is 0.607 bits per heavy atom. The van der Waals surface area contributed by atoms with E-state index < -0.39 is 0 Å². The van der Waals surface area contributed by atoms with Crippen LogP contribution in [0.1, 0.15) is 116 Å². The van der Waals surface area contributed by atoms with E-state index in [-0.39, 0.29) is 0 Å². The summed E-state index contributed by atoms with van der Waals surface area (Å²) in [6.07, 6.45) is 23.3. The predicted molar refractivity (Wildman–Crippen MR) is 122 cm³/mol. The number of hydrogen-bond acceptors (Lipinski definition) is 2. The van der Waals surface area contributed by atoms with E-state index in [0.717, 1.165) is 17.6 Å². The van der Waals surface area contributed by atoms with E-state index in [4.69, 9.17) is 10.00 Å². The van der Waals surface area contributed by atoms with Crippen molar-refractivity contribution < 1.29 is 9.22 Å². The molecule has 28 heavy (non-hydrogen) atoms. The maximum atomic E-state index is 8.50. The van der Waals surface area contributed by atoms with E-state index in [1.807, 2.05) is 0 Å². The quantitative estimate of drug-likeness (QED) is 0.143. The van der Waals surface area contributed by atoms with E-state index in [2.05, 4.69) is 27.1 Å². The van der Waals surface area contributed by atoms with Gasteiger partial charge in [0.25, 0.3) is 0 Å². The summed E-state index contributed by atoms with van der Waals surface area (Å²) in [5, 5.41) is 8.50. The summed E-state index contributed by atoms with van der Waals surface area (Å²) in [6.45, 7) is 5.92. The molecule has 0 aliphatic carbocycles. The van der Waals surface area contributed by atoms with Gasteiger partial charge >= 0.3 is 0 Å². The van der Waals surface area contributed by atoms with Crippen LogP contribution in [-0.4, -0.2) is 44.9 Å². The largest absolute Gasteiger partial charge is 0.375 e. The SMILES string of the molecule is CCCCCCCCCCCCCCCCCC[N+](C)(C)CCOCCC#N. The van der Waals surface area contributed by atoms with Gasteiger partial charge in [0.15, 0.2) is 0 Å². The van der Waals surface area contributed by atoms with Crippen molar-refractivity contribution in [2.24, 2.45) is 0 Å². The van der Waals surface area contributed by atoms with Crippen molar-refractivity contribution in [2.75, 3.05) is 40.4 Å². The molecule has 0 radical (unpaired) electrons. The van der Waals surface area contributed by atoms with Gasteiger partial charge in [-0.15, -0.1) is 0 Å². The van der Waals surface area contributed by atoms with Crippen LogP contribution in [-0.2, 0) is 4.74 Å². The average Bonchev–Trinajstić information content (AvgIpc) is 2.67. The van der Waals surface area contributed by atoms with E-state index in [1.54, 1.807) is 0 Å². The highest BCUT2D eigenvalue weighted by Crippen LogP contribution is 2.14. The van der Waals surface area contributed by atoms with Crippen molar-refractivity contribution in [1.82, 2.24) is 0 Å². The molecule has 0 N–H and O–H groups in total. The fourth-order valence-electron chi connectivity index (χ4n) is 3.73. The van der Waals surface area contributed by atoms with E-state index >= 15 is 0 Å². The molecule has 0 aliphatic heterocycles. The van der Waals surface area contributed by atoms with Gasteiger partial charge < -0.3 is 9.22 Å². The number of nitriles is 1. The first-order valence-electron chi connectivity index (χ1n) is 12.4. The molecule has 0 aromatic heterocycles. The molecule has 3 nitrogen and oxygen atoms in total. The first-order chi connectivity index (χ1) is 13.6. The van der Waals surface area contributed by atoms with Crippen LogP contribution in [0.2, 0.25) is 0 Å². The molecular formula is C25H51N2O+. The van der Waals surface area contributed by atoms with Crippen LogP contribution in [0, 0.1) is 11.3 Å². The molecule has 0 rings (SSSR count). The molecule has 0 bridgehead atoms. The van der Waals surface area contributed by atoms with Crippen molar-refractivity contribution in [2.45, 2.75) is 116 Å². The third-order valence-corrected chi connectivity index (χ3v) is 5.82. The second-order valence-electron chi connectivity index (χ2n) is 9.21. The van der Waals surface area contributed by atoms with Crippen molar-refractivity contribution >= 4 is 0 Å². The van der Waals surface area contributed by atoms with Gasteiger partial charge in [-0.2, -0.15) is 5.26 Å². The summed E-state index contributed by atoms with van der Waals surface area (Å²) in [6, 6.07) is 2.12. The van der Waals surface area contributed by atoms with Crippen LogP contribution in [0.3, 0.4) is 0 Å². The highest BCUT2D eigenvalue weighted by molar-refractivity contribution is 4.66. The minimum absolute atomic E-state index is 0.507. The van der Waals surface area contributed by atoms with Crippen LogP contribution in [0.5, 0.6) is 0 Å². The fourth-order valence-corrected chi connectivity index (χ4v) is 3.73. The summed E-state index contributed by atoms with van der Waals surface area (Å²) in [5.41, 5.74) is 0. The predicted octanol–water partition coefficient (Wildman–Crippen LogP) is 7.25. The average molecular weight is 396 g/mol. The molecular weight excluding hydrogens is 344 g/mol. The van der Waals surface area contributed by atoms with Gasteiger partial charge in [0.2, 0.25) is 0 Å². The third kappa shape index (κ3) is 21.7. The van der Waals surface area contributed by atoms with Crippen LogP contribution < -0.4 is 0 Å². The molecule has 0 aromatic rings. The Balaban J connectivity index is 3.23. The lowest BCUT2D eigenvalue weighted by molar-refractivity contribution is -0.891. The summed E-state index contributed by atoms with van der Waals surface area (Å²) < 4.78 is 6.54. The van der Waals surface area contributed by atoms with E-state index in [9.17, 15) is 0 Å². The van der Waals surface area contributed by atoms with Crippen molar-refractivity contribution in [1.29, 1.82) is 5.26 Å². The molecule has 166 valence electrons. The molecule has 0 saturated heterocycles. The zero-order valence-corrected chi connectivity index (χ0v) is 19.7. The standard InChI is InChI=1S/C25H51N2O/c1-4-5-6-7-8-9-10-11-12-13-14-15-16-17-18-19-22-27(2,3)23-25-28-24-20-21-26/h4-20,22-25H2,1-3H3/q+1. The third-order valence-electron chi connectivity index (χ3n) is 5.82. The Hall–Kier alpha value is -0.590. The van der Waals surface area contributed by atoms with Gasteiger partial charge in [0.05, 0.1) is 46.3 Å². The summed E-state index contributed by atoms with van der Waals surface area (Å²) in [7, 11) is 4.58. The Kier molecular flexibility index (Phi) is 20.7. The topological polar surface area (TPSA) is 33.0 Å². The monoisotopic (exact) mass is 395 g/mol. The lowest BCUT2D eigenvalue weighted by Gasteiger charge is -2.29. The highest BCUT2D eigenvalue weighted by Gasteiger charge is 2.13. The molecule has 0 aromatic carbocycles. The fraction of sp³-hybridized carbons (Fsp3) is 0.960. The second-order valence-corrected chi connectivity index (χ2v) is 9.21. The zero-order chi connectivity index (χ0) is 20.8. The minimum atomic E-state index is 0.507. The molecule has 0 heterocycles. The summed E-state index contributed by atoms with van der Waals surface area (Å²) >= 11 is 0. The van der Waals surface area contributed by atoms with Gasteiger partial charge in [0.1, 0.15) is 6.54 Å². The number of rotatable bonds is 22. The number of hydrogen-bond donors (Lipinski definition) is 0. The molecule has 0 spiro atoms. The summed E-state index contributed by atoms with van der Waals surface area (Å²) in [5.74, 6) is 0. The number of ether oxygens (including phenoxy) is 1. The van der Waals surface area contributed by atoms with Gasteiger partial charge in [-0.3, -0.25) is 0 Å². The van der Waals surface area contributed by atoms with Crippen LogP contribution in [0.4, 0.5) is 0 Å². The molecule has 0 aliphatic rings. The molecule has 0 atom stereocenters. The maximum Gasteiger partial charge on any atom is 0.102 e. The van der Waals surface area contributed by atoms with Gasteiger partial charge in [-0.05, 0) is 12.8 Å². The van der Waals surface area contributed by atoms with Crippen molar-refractivity contribution in [3.05, 3.63) is 0 Å². The molecule has 3 heteroatoms. The minimum Gasteiger partial charge on any atom is -0.375 e. The van der Waals surface area contributed by atoms with Gasteiger partial charge in [-0.25, -0.2) is 0 Å². The lowest BCUT2D eigenvalue weighted by atomic mass is 10.0. The molecule has 0 saturated carbocycles. The molecule has 0 fully saturated rings. The Bertz CT molecular complexity index is 349. The first-order valence-corrected chi connectivity index (χ1v) is 12.4. The lowest BCUT2D eigenvalue weighted by Crippen LogP contribution is -2.43. The van der Waals surface area contributed by atoms with Crippen molar-refractivity contribution in [3.8, 4) is 6.07 Å². The number of unbranched alkanes of at least 4 members (excludes halogenated alkanes) is 15.